The molecular formula is C22H22N4O. The highest BCUT2D eigenvalue weighted by molar-refractivity contribution is 6.01. The van der Waals surface area contributed by atoms with Crippen molar-refractivity contribution in [1.29, 1.82) is 0 Å². The summed E-state index contributed by atoms with van der Waals surface area (Å²) in [7, 11) is 0. The molecule has 1 aromatic carbocycles. The summed E-state index contributed by atoms with van der Waals surface area (Å²) in [5.41, 5.74) is 2.88. The summed E-state index contributed by atoms with van der Waals surface area (Å²) in [6, 6.07) is 13.6. The van der Waals surface area contributed by atoms with Gasteiger partial charge in [-0.05, 0) is 43.0 Å². The van der Waals surface area contributed by atoms with Gasteiger partial charge in [-0.25, -0.2) is 9.97 Å². The van der Waals surface area contributed by atoms with Crippen LogP contribution < -0.4 is 5.56 Å². The molecule has 0 bridgehead atoms. The van der Waals surface area contributed by atoms with Crippen molar-refractivity contribution in [3.8, 4) is 5.69 Å². The number of rotatable bonds is 3. The minimum absolute atomic E-state index is 0.0456. The number of hydrogen-bond acceptors (Lipinski definition) is 3. The Morgan fingerprint density at radius 1 is 0.963 bits per heavy atom. The zero-order valence-electron chi connectivity index (χ0n) is 15.2. The number of para-hydroxylation sites is 1. The third-order valence-electron chi connectivity index (χ3n) is 5.69. The summed E-state index contributed by atoms with van der Waals surface area (Å²) < 4.78 is 3.79. The van der Waals surface area contributed by atoms with E-state index in [1.807, 2.05) is 48.8 Å². The van der Waals surface area contributed by atoms with Crippen LogP contribution in [0, 0.1) is 5.92 Å². The van der Waals surface area contributed by atoms with E-state index in [0.29, 0.717) is 17.1 Å². The van der Waals surface area contributed by atoms with Crippen molar-refractivity contribution in [1.82, 2.24) is 19.1 Å². The van der Waals surface area contributed by atoms with Gasteiger partial charge in [0.1, 0.15) is 16.7 Å². The van der Waals surface area contributed by atoms with Crippen molar-refractivity contribution in [2.75, 3.05) is 0 Å². The van der Waals surface area contributed by atoms with E-state index in [1.165, 1.54) is 32.1 Å². The molecule has 0 N–H and O–H groups in total. The van der Waals surface area contributed by atoms with E-state index < -0.39 is 0 Å². The maximum absolute atomic E-state index is 13.5. The first kappa shape index (κ1) is 16.2. The first-order valence-electron chi connectivity index (χ1n) is 9.73. The Hall–Kier alpha value is -2.95. The molecule has 0 unspecified atom stereocenters. The lowest BCUT2D eigenvalue weighted by molar-refractivity contribution is 0.322. The molecule has 0 saturated heterocycles. The second-order valence-electron chi connectivity index (χ2n) is 7.45. The summed E-state index contributed by atoms with van der Waals surface area (Å²) in [6.45, 7) is 0.867. The molecule has 0 radical (unpaired) electrons. The molecule has 5 nitrogen and oxygen atoms in total. The topological polar surface area (TPSA) is 52.7 Å². The van der Waals surface area contributed by atoms with Gasteiger partial charge in [0.25, 0.3) is 5.56 Å². The monoisotopic (exact) mass is 358 g/mol. The van der Waals surface area contributed by atoms with Gasteiger partial charge in [-0.15, -0.1) is 0 Å². The second kappa shape index (κ2) is 6.65. The maximum atomic E-state index is 13.5. The Kier molecular flexibility index (Phi) is 4.00. The molecule has 136 valence electrons. The van der Waals surface area contributed by atoms with Crippen LogP contribution in [0.4, 0.5) is 0 Å². The van der Waals surface area contributed by atoms with Gasteiger partial charge in [0.15, 0.2) is 0 Å². The average molecular weight is 358 g/mol. The molecule has 0 aliphatic heterocycles. The molecule has 3 heterocycles. The SMILES string of the molecule is O=c1c2c(ncn2CC2CCCCC2)c2cccnc2n1-c1ccccc1. The molecule has 27 heavy (non-hydrogen) atoms. The van der Waals surface area contributed by atoms with Crippen molar-refractivity contribution in [2.45, 2.75) is 38.6 Å². The van der Waals surface area contributed by atoms with Gasteiger partial charge < -0.3 is 4.57 Å². The predicted octanol–water partition coefficient (Wildman–Crippen LogP) is 4.32. The van der Waals surface area contributed by atoms with Crippen LogP contribution in [-0.4, -0.2) is 19.1 Å². The Bertz CT molecular complexity index is 1150. The van der Waals surface area contributed by atoms with E-state index in [9.17, 15) is 4.79 Å². The molecule has 1 saturated carbocycles. The molecule has 1 aliphatic rings. The number of imidazole rings is 1. The van der Waals surface area contributed by atoms with Crippen LogP contribution in [-0.2, 0) is 6.54 Å². The molecule has 5 heteroatoms. The van der Waals surface area contributed by atoms with Gasteiger partial charge in [0, 0.05) is 18.1 Å². The van der Waals surface area contributed by atoms with Gasteiger partial charge in [0.05, 0.1) is 12.0 Å². The summed E-state index contributed by atoms with van der Waals surface area (Å²) in [5, 5.41) is 0.915. The number of hydrogen-bond donors (Lipinski definition) is 0. The van der Waals surface area contributed by atoms with Crippen molar-refractivity contribution in [2.24, 2.45) is 5.92 Å². The number of nitrogens with zero attached hydrogens (tertiary/aromatic N) is 4. The summed E-state index contributed by atoms with van der Waals surface area (Å²) in [5.74, 6) is 0.630. The van der Waals surface area contributed by atoms with E-state index >= 15 is 0 Å². The molecule has 1 fully saturated rings. The molecular weight excluding hydrogens is 336 g/mol. The molecule has 3 aromatic heterocycles. The smallest absolute Gasteiger partial charge is 0.282 e. The number of pyridine rings is 2. The number of fused-ring (bicyclic) bond motifs is 3. The van der Waals surface area contributed by atoms with Gasteiger partial charge in [-0.1, -0.05) is 37.5 Å². The number of benzene rings is 1. The lowest BCUT2D eigenvalue weighted by Crippen LogP contribution is -2.23. The summed E-state index contributed by atoms with van der Waals surface area (Å²) in [6.07, 6.45) is 9.95. The average Bonchev–Trinajstić information content (AvgIpc) is 3.14. The zero-order chi connectivity index (χ0) is 18.2. The van der Waals surface area contributed by atoms with Crippen molar-refractivity contribution in [3.05, 3.63) is 65.3 Å². The lowest BCUT2D eigenvalue weighted by Gasteiger charge is -2.22. The fraction of sp³-hybridized carbons (Fsp3) is 0.318. The highest BCUT2D eigenvalue weighted by atomic mass is 16.1. The quantitative estimate of drug-likeness (QED) is 0.548. The van der Waals surface area contributed by atoms with Crippen LogP contribution in [0.15, 0.2) is 59.8 Å². The van der Waals surface area contributed by atoms with Crippen LogP contribution in [0.2, 0.25) is 0 Å². The highest BCUT2D eigenvalue weighted by Crippen LogP contribution is 2.27. The molecule has 5 rings (SSSR count). The fourth-order valence-electron chi connectivity index (χ4n) is 4.37. The first-order chi connectivity index (χ1) is 13.3. The summed E-state index contributed by atoms with van der Waals surface area (Å²) in [4.78, 5) is 22.7. The first-order valence-corrected chi connectivity index (χ1v) is 9.73. The Morgan fingerprint density at radius 2 is 1.78 bits per heavy atom. The van der Waals surface area contributed by atoms with E-state index in [0.717, 1.165) is 23.1 Å². The molecule has 0 amide bonds. The molecule has 1 aliphatic carbocycles. The van der Waals surface area contributed by atoms with E-state index in [4.69, 9.17) is 0 Å². The fourth-order valence-corrected chi connectivity index (χ4v) is 4.37. The maximum Gasteiger partial charge on any atom is 0.282 e. The van der Waals surface area contributed by atoms with E-state index in [1.54, 1.807) is 10.8 Å². The third-order valence-corrected chi connectivity index (χ3v) is 5.69. The Morgan fingerprint density at radius 3 is 2.59 bits per heavy atom. The minimum atomic E-state index is -0.0456. The van der Waals surface area contributed by atoms with Gasteiger partial charge in [0.2, 0.25) is 0 Å². The largest absolute Gasteiger partial charge is 0.326 e. The molecule has 0 spiro atoms. The van der Waals surface area contributed by atoms with Gasteiger partial charge in [-0.2, -0.15) is 0 Å². The lowest BCUT2D eigenvalue weighted by atomic mass is 9.89. The van der Waals surface area contributed by atoms with Crippen LogP contribution in [0.1, 0.15) is 32.1 Å². The van der Waals surface area contributed by atoms with Crippen LogP contribution in [0.5, 0.6) is 0 Å². The van der Waals surface area contributed by atoms with Crippen LogP contribution >= 0.6 is 0 Å². The summed E-state index contributed by atoms with van der Waals surface area (Å²) >= 11 is 0. The normalized spacial score (nSPS) is 15.6. The number of aromatic nitrogens is 4. The molecule has 0 atom stereocenters. The Balaban J connectivity index is 1.76. The third kappa shape index (κ3) is 2.74. The van der Waals surface area contributed by atoms with Crippen molar-refractivity contribution < 1.29 is 0 Å². The van der Waals surface area contributed by atoms with E-state index in [2.05, 4.69) is 14.5 Å². The highest BCUT2D eigenvalue weighted by Gasteiger charge is 2.20. The van der Waals surface area contributed by atoms with Crippen molar-refractivity contribution in [3.63, 3.8) is 0 Å². The standard InChI is InChI=1S/C22H22N4O/c27-22-20-19(24-15-25(20)14-16-8-3-1-4-9-16)18-12-7-13-23-21(18)26(22)17-10-5-2-6-11-17/h2,5-7,10-13,15-16H,1,3-4,8-9,14H2. The van der Waals surface area contributed by atoms with Crippen LogP contribution in [0.3, 0.4) is 0 Å². The van der Waals surface area contributed by atoms with E-state index in [-0.39, 0.29) is 5.56 Å². The Labute approximate surface area is 157 Å². The minimum Gasteiger partial charge on any atom is -0.326 e. The van der Waals surface area contributed by atoms with Gasteiger partial charge in [-0.3, -0.25) is 9.36 Å². The van der Waals surface area contributed by atoms with Crippen LogP contribution in [0.25, 0.3) is 27.8 Å². The van der Waals surface area contributed by atoms with Gasteiger partial charge >= 0.3 is 0 Å². The molecule has 4 aromatic rings. The predicted molar refractivity (Wildman–Crippen MR) is 107 cm³/mol. The van der Waals surface area contributed by atoms with Crippen molar-refractivity contribution >= 4 is 22.1 Å². The second-order valence-corrected chi connectivity index (χ2v) is 7.45. The zero-order valence-corrected chi connectivity index (χ0v) is 15.2.